The molecule has 7 heteroatoms. The summed E-state index contributed by atoms with van der Waals surface area (Å²) in [7, 11) is 0. The zero-order valence-electron chi connectivity index (χ0n) is 12.3. The molecule has 0 radical (unpaired) electrons. The maximum absolute atomic E-state index is 13.4. The van der Waals surface area contributed by atoms with Gasteiger partial charge in [-0.3, -0.25) is 14.2 Å². The lowest BCUT2D eigenvalue weighted by molar-refractivity contribution is -0.143. The summed E-state index contributed by atoms with van der Waals surface area (Å²) in [6, 6.07) is 6.12. The number of halogens is 1. The van der Waals surface area contributed by atoms with Crippen LogP contribution in [0.15, 0.2) is 40.8 Å². The molecule has 23 heavy (non-hydrogen) atoms. The molecule has 2 heterocycles. The highest BCUT2D eigenvalue weighted by Crippen LogP contribution is 2.30. The van der Waals surface area contributed by atoms with Gasteiger partial charge in [0.1, 0.15) is 17.1 Å². The van der Waals surface area contributed by atoms with E-state index in [1.807, 2.05) is 0 Å². The van der Waals surface area contributed by atoms with E-state index in [1.54, 1.807) is 24.4 Å². The van der Waals surface area contributed by atoms with Crippen LogP contribution in [-0.2, 0) is 16.1 Å². The number of thiophene rings is 1. The molecule has 3 rings (SSSR count). The lowest BCUT2D eigenvalue weighted by Gasteiger charge is -2.05. The molecular weight excluding hydrogens is 319 g/mol. The first-order valence-corrected chi connectivity index (χ1v) is 7.86. The molecule has 0 bridgehead atoms. The summed E-state index contributed by atoms with van der Waals surface area (Å²) in [4.78, 5) is 28.2. The second kappa shape index (κ2) is 6.29. The number of fused-ring (bicyclic) bond motifs is 1. The molecule has 5 nitrogen and oxygen atoms in total. The third-order valence-electron chi connectivity index (χ3n) is 3.29. The zero-order chi connectivity index (χ0) is 16.4. The topological polar surface area (TPSA) is 61.2 Å². The minimum atomic E-state index is -0.488. The van der Waals surface area contributed by atoms with Crippen molar-refractivity contribution in [2.75, 3.05) is 6.61 Å². The van der Waals surface area contributed by atoms with Gasteiger partial charge in [-0.1, -0.05) is 12.1 Å². The van der Waals surface area contributed by atoms with Gasteiger partial charge in [0, 0.05) is 10.9 Å². The SMILES string of the molecule is CCOC(=O)Cn1cnc2c(-c3cccc(F)c3)csc2c1=O. The zero-order valence-corrected chi connectivity index (χ0v) is 13.1. The molecular formula is C16H13FN2O3S. The average molecular weight is 332 g/mol. The first-order chi connectivity index (χ1) is 11.1. The summed E-state index contributed by atoms with van der Waals surface area (Å²) >= 11 is 1.23. The minimum absolute atomic E-state index is 0.178. The molecule has 0 aliphatic carbocycles. The monoisotopic (exact) mass is 332 g/mol. The van der Waals surface area contributed by atoms with E-state index in [0.29, 0.717) is 21.3 Å². The van der Waals surface area contributed by atoms with Gasteiger partial charge in [-0.15, -0.1) is 11.3 Å². The van der Waals surface area contributed by atoms with Crippen molar-refractivity contribution in [2.45, 2.75) is 13.5 Å². The number of aromatic nitrogens is 2. The average Bonchev–Trinajstić information content (AvgIpc) is 2.95. The fraction of sp³-hybridized carbons (Fsp3) is 0.188. The van der Waals surface area contributed by atoms with Crippen LogP contribution in [0.5, 0.6) is 0 Å². The van der Waals surface area contributed by atoms with Crippen LogP contribution in [0.2, 0.25) is 0 Å². The number of hydrogen-bond acceptors (Lipinski definition) is 5. The van der Waals surface area contributed by atoms with Crippen molar-refractivity contribution in [3.63, 3.8) is 0 Å². The number of ether oxygens (including phenoxy) is 1. The number of carbonyl (C=O) groups is 1. The Hall–Kier alpha value is -2.54. The molecule has 0 aliphatic rings. The van der Waals surface area contributed by atoms with Gasteiger partial charge in [0.15, 0.2) is 0 Å². The minimum Gasteiger partial charge on any atom is -0.465 e. The first kappa shape index (κ1) is 15.4. The fourth-order valence-corrected chi connectivity index (χ4v) is 3.24. The molecule has 0 amide bonds. The Balaban J connectivity index is 2.04. The first-order valence-electron chi connectivity index (χ1n) is 6.98. The van der Waals surface area contributed by atoms with Gasteiger partial charge in [-0.2, -0.15) is 0 Å². The number of hydrogen-bond donors (Lipinski definition) is 0. The third kappa shape index (κ3) is 3.00. The Morgan fingerprint density at radius 2 is 2.26 bits per heavy atom. The molecule has 0 saturated heterocycles. The Morgan fingerprint density at radius 3 is 3.00 bits per heavy atom. The summed E-state index contributed by atoms with van der Waals surface area (Å²) in [5.41, 5.74) is 1.55. The van der Waals surface area contributed by atoms with Gasteiger partial charge in [0.05, 0.1) is 18.5 Å². The predicted molar refractivity (Wildman–Crippen MR) is 85.9 cm³/mol. The van der Waals surface area contributed by atoms with E-state index in [4.69, 9.17) is 4.74 Å². The van der Waals surface area contributed by atoms with Crippen molar-refractivity contribution >= 4 is 27.5 Å². The molecule has 0 fully saturated rings. The quantitative estimate of drug-likeness (QED) is 0.689. The highest BCUT2D eigenvalue weighted by atomic mass is 32.1. The molecule has 0 atom stereocenters. The number of nitrogens with zero attached hydrogens (tertiary/aromatic N) is 2. The number of esters is 1. The van der Waals surface area contributed by atoms with Gasteiger partial charge in [-0.25, -0.2) is 9.37 Å². The third-order valence-corrected chi connectivity index (χ3v) is 4.24. The molecule has 0 unspecified atom stereocenters. The van der Waals surface area contributed by atoms with Crippen molar-refractivity contribution in [1.82, 2.24) is 9.55 Å². The summed E-state index contributed by atoms with van der Waals surface area (Å²) < 4.78 is 19.9. The van der Waals surface area contributed by atoms with E-state index < -0.39 is 5.97 Å². The van der Waals surface area contributed by atoms with Gasteiger partial charge in [0.2, 0.25) is 0 Å². The highest BCUT2D eigenvalue weighted by Gasteiger charge is 2.14. The summed E-state index contributed by atoms with van der Waals surface area (Å²) in [5.74, 6) is -0.838. The molecule has 0 spiro atoms. The summed E-state index contributed by atoms with van der Waals surface area (Å²) in [5, 5.41) is 1.77. The number of rotatable bonds is 4. The van der Waals surface area contributed by atoms with E-state index in [1.165, 1.54) is 34.4 Å². The molecule has 3 aromatic rings. The molecule has 0 N–H and O–H groups in total. The largest absolute Gasteiger partial charge is 0.465 e. The van der Waals surface area contributed by atoms with Crippen molar-refractivity contribution in [1.29, 1.82) is 0 Å². The van der Waals surface area contributed by atoms with Crippen molar-refractivity contribution in [2.24, 2.45) is 0 Å². The second-order valence-corrected chi connectivity index (χ2v) is 5.70. The molecule has 1 aromatic carbocycles. The van der Waals surface area contributed by atoms with E-state index in [0.717, 1.165) is 0 Å². The Labute approximate surface area is 135 Å². The van der Waals surface area contributed by atoms with E-state index >= 15 is 0 Å². The Morgan fingerprint density at radius 1 is 1.43 bits per heavy atom. The van der Waals surface area contributed by atoms with Gasteiger partial charge in [-0.05, 0) is 24.6 Å². The van der Waals surface area contributed by atoms with Crippen LogP contribution in [0.25, 0.3) is 21.3 Å². The Bertz CT molecular complexity index is 932. The normalized spacial score (nSPS) is 10.9. The van der Waals surface area contributed by atoms with Crippen LogP contribution in [0.3, 0.4) is 0 Å². The van der Waals surface area contributed by atoms with Gasteiger partial charge in [0.25, 0.3) is 5.56 Å². The number of benzene rings is 1. The van der Waals surface area contributed by atoms with Crippen LogP contribution in [0, 0.1) is 5.82 Å². The van der Waals surface area contributed by atoms with Gasteiger partial charge < -0.3 is 4.74 Å². The second-order valence-electron chi connectivity index (χ2n) is 4.82. The van der Waals surface area contributed by atoms with Crippen LogP contribution < -0.4 is 5.56 Å². The Kier molecular flexibility index (Phi) is 4.20. The van der Waals surface area contributed by atoms with Crippen LogP contribution in [-0.4, -0.2) is 22.1 Å². The van der Waals surface area contributed by atoms with E-state index in [-0.39, 0.29) is 24.5 Å². The molecule has 118 valence electrons. The maximum atomic E-state index is 13.4. The maximum Gasteiger partial charge on any atom is 0.326 e. The lowest BCUT2D eigenvalue weighted by atomic mass is 10.1. The van der Waals surface area contributed by atoms with E-state index in [2.05, 4.69) is 4.98 Å². The van der Waals surface area contributed by atoms with Crippen molar-refractivity contribution in [3.05, 3.63) is 52.1 Å². The van der Waals surface area contributed by atoms with E-state index in [9.17, 15) is 14.0 Å². The summed E-state index contributed by atoms with van der Waals surface area (Å²) in [6.07, 6.45) is 1.32. The van der Waals surface area contributed by atoms with Crippen molar-refractivity contribution < 1.29 is 13.9 Å². The number of carbonyl (C=O) groups excluding carboxylic acids is 1. The molecule has 0 saturated carbocycles. The van der Waals surface area contributed by atoms with Gasteiger partial charge >= 0.3 is 5.97 Å². The molecule has 2 aromatic heterocycles. The summed E-state index contributed by atoms with van der Waals surface area (Å²) in [6.45, 7) is 1.78. The standard InChI is InChI=1S/C16H13FN2O3S/c1-2-22-13(20)7-19-9-18-14-12(8-23-15(14)16(19)21)10-4-3-5-11(17)6-10/h3-6,8-9H,2,7H2,1H3. The van der Waals surface area contributed by atoms with Crippen LogP contribution >= 0.6 is 11.3 Å². The highest BCUT2D eigenvalue weighted by molar-refractivity contribution is 7.17. The van der Waals surface area contributed by atoms with Crippen LogP contribution in [0.4, 0.5) is 4.39 Å². The fourth-order valence-electron chi connectivity index (χ4n) is 2.26. The van der Waals surface area contributed by atoms with Crippen molar-refractivity contribution in [3.8, 4) is 11.1 Å². The predicted octanol–water partition coefficient (Wildman–Crippen LogP) is 2.83. The van der Waals surface area contributed by atoms with Crippen LogP contribution in [0.1, 0.15) is 6.92 Å². The lowest BCUT2D eigenvalue weighted by Crippen LogP contribution is -2.25. The smallest absolute Gasteiger partial charge is 0.326 e. The molecule has 0 aliphatic heterocycles.